The van der Waals surface area contributed by atoms with Gasteiger partial charge >= 0.3 is 0 Å². The number of hydrogen-bond donors (Lipinski definition) is 0. The van der Waals surface area contributed by atoms with E-state index in [9.17, 15) is 0 Å². The van der Waals surface area contributed by atoms with Crippen molar-refractivity contribution in [1.29, 1.82) is 0 Å². The molecule has 0 amide bonds. The number of nitrogens with zero attached hydrogens (tertiary/aromatic N) is 2. The molecule has 0 atom stereocenters. The SMILES string of the molecule is Cc1ccc2c(Cl)nn(C(C)C)c2c1. The molecule has 3 heteroatoms. The van der Waals surface area contributed by atoms with Crippen molar-refractivity contribution in [3.05, 3.63) is 28.9 Å². The van der Waals surface area contributed by atoms with Crippen molar-refractivity contribution in [2.75, 3.05) is 0 Å². The Labute approximate surface area is 88.5 Å². The van der Waals surface area contributed by atoms with Crippen LogP contribution in [0.3, 0.4) is 0 Å². The topological polar surface area (TPSA) is 17.8 Å². The van der Waals surface area contributed by atoms with Gasteiger partial charge in [-0.15, -0.1) is 0 Å². The molecule has 0 aliphatic carbocycles. The first-order valence-electron chi connectivity index (χ1n) is 4.74. The first-order chi connectivity index (χ1) is 6.59. The maximum atomic E-state index is 6.04. The van der Waals surface area contributed by atoms with E-state index in [-0.39, 0.29) is 0 Å². The molecule has 2 nitrogen and oxygen atoms in total. The van der Waals surface area contributed by atoms with Crippen LogP contribution >= 0.6 is 11.6 Å². The van der Waals surface area contributed by atoms with E-state index in [4.69, 9.17) is 11.6 Å². The van der Waals surface area contributed by atoms with Gasteiger partial charge < -0.3 is 0 Å². The molecule has 2 aromatic rings. The standard InChI is InChI=1S/C11H13ClN2/c1-7(2)14-10-6-8(3)4-5-9(10)11(12)13-14/h4-7H,1-3H3. The number of benzene rings is 1. The Morgan fingerprint density at radius 2 is 2.07 bits per heavy atom. The van der Waals surface area contributed by atoms with Gasteiger partial charge in [-0.3, -0.25) is 4.68 Å². The fraction of sp³-hybridized carbons (Fsp3) is 0.364. The largest absolute Gasteiger partial charge is 0.261 e. The van der Waals surface area contributed by atoms with Crippen LogP contribution in [0.15, 0.2) is 18.2 Å². The highest BCUT2D eigenvalue weighted by Gasteiger charge is 2.10. The summed E-state index contributed by atoms with van der Waals surface area (Å²) < 4.78 is 1.96. The van der Waals surface area contributed by atoms with Gasteiger partial charge in [-0.1, -0.05) is 17.7 Å². The highest BCUT2D eigenvalue weighted by Crippen LogP contribution is 2.25. The molecule has 0 unspecified atom stereocenters. The van der Waals surface area contributed by atoms with Crippen molar-refractivity contribution in [2.45, 2.75) is 26.8 Å². The predicted molar refractivity (Wildman–Crippen MR) is 59.9 cm³/mol. The second kappa shape index (κ2) is 3.28. The van der Waals surface area contributed by atoms with E-state index in [2.05, 4.69) is 38.0 Å². The Balaban J connectivity index is 2.79. The third-order valence-electron chi connectivity index (χ3n) is 2.31. The summed E-state index contributed by atoms with van der Waals surface area (Å²) in [6.07, 6.45) is 0. The minimum atomic E-state index is 0.340. The number of aromatic nitrogens is 2. The number of halogens is 1. The van der Waals surface area contributed by atoms with Gasteiger partial charge in [0.25, 0.3) is 0 Å². The normalized spacial score (nSPS) is 11.5. The predicted octanol–water partition coefficient (Wildman–Crippen LogP) is 3.58. The van der Waals surface area contributed by atoms with Crippen LogP contribution in [0.4, 0.5) is 0 Å². The lowest BCUT2D eigenvalue weighted by Gasteiger charge is -2.06. The first-order valence-corrected chi connectivity index (χ1v) is 5.12. The van der Waals surface area contributed by atoms with Gasteiger partial charge in [0.05, 0.1) is 5.52 Å². The molecule has 1 aromatic heterocycles. The van der Waals surface area contributed by atoms with Crippen LogP contribution in [0.5, 0.6) is 0 Å². The van der Waals surface area contributed by atoms with Crippen LogP contribution in [0.25, 0.3) is 10.9 Å². The minimum absolute atomic E-state index is 0.340. The average Bonchev–Trinajstić information content (AvgIpc) is 2.43. The molecule has 1 aromatic carbocycles. The molecule has 0 N–H and O–H groups in total. The van der Waals surface area contributed by atoms with Crippen molar-refractivity contribution >= 4 is 22.5 Å². The molecular formula is C11H13ClN2. The monoisotopic (exact) mass is 208 g/mol. The van der Waals surface area contributed by atoms with Crippen LogP contribution < -0.4 is 0 Å². The van der Waals surface area contributed by atoms with Crippen LogP contribution in [0.1, 0.15) is 25.5 Å². The molecule has 0 saturated heterocycles. The molecule has 0 aliphatic heterocycles. The molecule has 14 heavy (non-hydrogen) atoms. The van der Waals surface area contributed by atoms with Crippen LogP contribution in [-0.4, -0.2) is 9.78 Å². The molecule has 0 spiro atoms. The third-order valence-corrected chi connectivity index (χ3v) is 2.59. The highest BCUT2D eigenvalue weighted by molar-refractivity contribution is 6.34. The Bertz CT molecular complexity index is 471. The second-order valence-corrected chi connectivity index (χ2v) is 4.21. The van der Waals surface area contributed by atoms with Gasteiger partial charge in [0, 0.05) is 11.4 Å². The lowest BCUT2D eigenvalue weighted by molar-refractivity contribution is 0.551. The van der Waals surface area contributed by atoms with Gasteiger partial charge in [0.2, 0.25) is 0 Å². The molecule has 74 valence electrons. The van der Waals surface area contributed by atoms with E-state index in [1.54, 1.807) is 0 Å². The summed E-state index contributed by atoms with van der Waals surface area (Å²) in [6, 6.07) is 6.54. The zero-order chi connectivity index (χ0) is 10.3. The van der Waals surface area contributed by atoms with Crippen molar-refractivity contribution in [2.24, 2.45) is 0 Å². The van der Waals surface area contributed by atoms with Crippen molar-refractivity contribution in [3.63, 3.8) is 0 Å². The number of fused-ring (bicyclic) bond motifs is 1. The number of hydrogen-bond acceptors (Lipinski definition) is 1. The highest BCUT2D eigenvalue weighted by atomic mass is 35.5. The van der Waals surface area contributed by atoms with Gasteiger partial charge in [-0.2, -0.15) is 5.10 Å². The summed E-state index contributed by atoms with van der Waals surface area (Å²) in [7, 11) is 0. The second-order valence-electron chi connectivity index (χ2n) is 3.85. The van der Waals surface area contributed by atoms with Crippen LogP contribution in [-0.2, 0) is 0 Å². The van der Waals surface area contributed by atoms with Crippen molar-refractivity contribution < 1.29 is 0 Å². The van der Waals surface area contributed by atoms with E-state index < -0.39 is 0 Å². The molecule has 1 heterocycles. The molecule has 0 fully saturated rings. The Kier molecular flexibility index (Phi) is 2.23. The molecule has 0 bridgehead atoms. The summed E-state index contributed by atoms with van der Waals surface area (Å²) in [4.78, 5) is 0. The maximum Gasteiger partial charge on any atom is 0.158 e. The van der Waals surface area contributed by atoms with Crippen LogP contribution in [0, 0.1) is 6.92 Å². The fourth-order valence-electron chi connectivity index (χ4n) is 1.60. The molecule has 0 radical (unpaired) electrons. The summed E-state index contributed by atoms with van der Waals surface area (Å²) in [5.41, 5.74) is 2.35. The maximum absolute atomic E-state index is 6.04. The minimum Gasteiger partial charge on any atom is -0.261 e. The zero-order valence-electron chi connectivity index (χ0n) is 8.58. The summed E-state index contributed by atoms with van der Waals surface area (Å²) >= 11 is 6.04. The van der Waals surface area contributed by atoms with E-state index in [0.717, 1.165) is 10.9 Å². The lowest BCUT2D eigenvalue weighted by atomic mass is 10.2. The van der Waals surface area contributed by atoms with E-state index in [1.807, 2.05) is 10.7 Å². The zero-order valence-corrected chi connectivity index (χ0v) is 9.34. The smallest absolute Gasteiger partial charge is 0.158 e. The van der Waals surface area contributed by atoms with Gasteiger partial charge in [-0.25, -0.2) is 0 Å². The van der Waals surface area contributed by atoms with Crippen molar-refractivity contribution in [1.82, 2.24) is 9.78 Å². The van der Waals surface area contributed by atoms with Crippen molar-refractivity contribution in [3.8, 4) is 0 Å². The molecular weight excluding hydrogens is 196 g/mol. The molecule has 0 aliphatic rings. The summed E-state index contributed by atoms with van der Waals surface area (Å²) in [5, 5.41) is 5.94. The van der Waals surface area contributed by atoms with E-state index in [1.165, 1.54) is 5.56 Å². The molecule has 2 rings (SSSR count). The average molecular weight is 209 g/mol. The third kappa shape index (κ3) is 1.40. The van der Waals surface area contributed by atoms with Crippen LogP contribution in [0.2, 0.25) is 5.15 Å². The Hall–Kier alpha value is -1.02. The fourth-order valence-corrected chi connectivity index (χ4v) is 1.84. The first kappa shape index (κ1) is 9.53. The van der Waals surface area contributed by atoms with Gasteiger partial charge in [0.1, 0.15) is 0 Å². The van der Waals surface area contributed by atoms with Gasteiger partial charge in [-0.05, 0) is 38.5 Å². The number of aryl methyl sites for hydroxylation is 1. The van der Waals surface area contributed by atoms with E-state index in [0.29, 0.717) is 11.2 Å². The quantitative estimate of drug-likeness (QED) is 0.701. The summed E-state index contributed by atoms with van der Waals surface area (Å²) in [5.74, 6) is 0. The van der Waals surface area contributed by atoms with Gasteiger partial charge in [0.15, 0.2) is 5.15 Å². The summed E-state index contributed by atoms with van der Waals surface area (Å²) in [6.45, 7) is 6.28. The number of rotatable bonds is 1. The molecule has 0 saturated carbocycles. The Morgan fingerprint density at radius 3 is 2.71 bits per heavy atom. The Morgan fingerprint density at radius 1 is 1.36 bits per heavy atom. The lowest BCUT2D eigenvalue weighted by Crippen LogP contribution is -2.02. The van der Waals surface area contributed by atoms with E-state index >= 15 is 0 Å².